The van der Waals surface area contributed by atoms with Crippen LogP contribution in [0.15, 0.2) is 30.5 Å². The molecular weight excluding hydrogens is 225 g/mol. The number of carbonyl (C=O) groups is 1. The lowest BCUT2D eigenvalue weighted by Gasteiger charge is -2.07. The van der Waals surface area contributed by atoms with Crippen molar-refractivity contribution in [1.29, 1.82) is 0 Å². The van der Waals surface area contributed by atoms with Crippen LogP contribution >= 0.6 is 0 Å². The third-order valence-electron chi connectivity index (χ3n) is 2.28. The Kier molecular flexibility index (Phi) is 2.78. The lowest BCUT2D eigenvalue weighted by atomic mass is 10.1. The molecule has 1 heterocycles. The summed E-state index contributed by atoms with van der Waals surface area (Å²) >= 11 is 0. The standard InChI is InChI=1S/C11H10FN3O2/c1-15-9(5-6-13-15)14-11(17)10-7(12)3-2-4-8(10)16/h2-6,16H,1H3,(H,14,17). The summed E-state index contributed by atoms with van der Waals surface area (Å²) in [6.07, 6.45) is 1.50. The van der Waals surface area contributed by atoms with Crippen molar-refractivity contribution >= 4 is 11.7 Å². The highest BCUT2D eigenvalue weighted by atomic mass is 19.1. The Bertz CT molecular complexity index is 545. The lowest BCUT2D eigenvalue weighted by molar-refractivity contribution is 0.101. The normalized spacial score (nSPS) is 10.2. The molecule has 1 aromatic carbocycles. The highest BCUT2D eigenvalue weighted by Crippen LogP contribution is 2.20. The number of anilines is 1. The number of aromatic hydroxyl groups is 1. The van der Waals surface area contributed by atoms with Gasteiger partial charge in [-0.15, -0.1) is 0 Å². The van der Waals surface area contributed by atoms with Crippen molar-refractivity contribution in [3.05, 3.63) is 41.8 Å². The molecule has 0 spiro atoms. The number of amides is 1. The summed E-state index contributed by atoms with van der Waals surface area (Å²) in [4.78, 5) is 11.8. The Labute approximate surface area is 96.5 Å². The van der Waals surface area contributed by atoms with Crippen LogP contribution in [0, 0.1) is 5.82 Å². The zero-order valence-electron chi connectivity index (χ0n) is 9.01. The maximum Gasteiger partial charge on any atom is 0.263 e. The highest BCUT2D eigenvalue weighted by molar-refractivity contribution is 6.05. The first-order valence-corrected chi connectivity index (χ1v) is 4.86. The first-order chi connectivity index (χ1) is 8.09. The third-order valence-corrected chi connectivity index (χ3v) is 2.28. The molecule has 1 aromatic heterocycles. The van der Waals surface area contributed by atoms with E-state index in [-0.39, 0.29) is 5.56 Å². The SMILES string of the molecule is Cn1nccc1NC(=O)c1c(O)cccc1F. The number of phenols is 1. The van der Waals surface area contributed by atoms with Gasteiger partial charge < -0.3 is 10.4 Å². The zero-order valence-corrected chi connectivity index (χ0v) is 9.01. The number of rotatable bonds is 2. The van der Waals surface area contributed by atoms with E-state index in [1.54, 1.807) is 13.1 Å². The molecule has 88 valence electrons. The van der Waals surface area contributed by atoms with Gasteiger partial charge >= 0.3 is 0 Å². The van der Waals surface area contributed by atoms with E-state index in [9.17, 15) is 14.3 Å². The number of nitrogens with zero attached hydrogens (tertiary/aromatic N) is 2. The molecule has 2 aromatic rings. The smallest absolute Gasteiger partial charge is 0.263 e. The molecule has 0 bridgehead atoms. The Morgan fingerprint density at radius 1 is 1.47 bits per heavy atom. The fourth-order valence-corrected chi connectivity index (χ4v) is 1.41. The fourth-order valence-electron chi connectivity index (χ4n) is 1.41. The fraction of sp³-hybridized carbons (Fsp3) is 0.0909. The summed E-state index contributed by atoms with van der Waals surface area (Å²) in [7, 11) is 1.64. The second-order valence-corrected chi connectivity index (χ2v) is 3.43. The number of halogens is 1. The summed E-state index contributed by atoms with van der Waals surface area (Å²) in [5, 5.41) is 15.7. The zero-order chi connectivity index (χ0) is 12.4. The minimum absolute atomic E-state index is 0.381. The van der Waals surface area contributed by atoms with Gasteiger partial charge in [-0.25, -0.2) is 4.39 Å². The Morgan fingerprint density at radius 2 is 2.24 bits per heavy atom. The molecular formula is C11H10FN3O2. The van der Waals surface area contributed by atoms with E-state index in [4.69, 9.17) is 0 Å². The van der Waals surface area contributed by atoms with Gasteiger partial charge in [0.25, 0.3) is 5.91 Å². The molecule has 0 fully saturated rings. The monoisotopic (exact) mass is 235 g/mol. The molecule has 17 heavy (non-hydrogen) atoms. The van der Waals surface area contributed by atoms with E-state index in [2.05, 4.69) is 10.4 Å². The predicted molar refractivity (Wildman–Crippen MR) is 59.2 cm³/mol. The van der Waals surface area contributed by atoms with Gasteiger partial charge in [0, 0.05) is 13.1 Å². The lowest BCUT2D eigenvalue weighted by Crippen LogP contribution is -2.16. The van der Waals surface area contributed by atoms with Crippen LogP contribution in [-0.2, 0) is 7.05 Å². The van der Waals surface area contributed by atoms with Crippen LogP contribution in [-0.4, -0.2) is 20.8 Å². The van der Waals surface area contributed by atoms with Gasteiger partial charge in [0.05, 0.1) is 6.20 Å². The van der Waals surface area contributed by atoms with Crippen LogP contribution in [0.3, 0.4) is 0 Å². The number of hydrogen-bond acceptors (Lipinski definition) is 3. The Hall–Kier alpha value is -2.37. The van der Waals surface area contributed by atoms with Crippen molar-refractivity contribution in [3.8, 4) is 5.75 Å². The Balaban J connectivity index is 2.30. The van der Waals surface area contributed by atoms with Crippen LogP contribution < -0.4 is 5.32 Å². The number of benzene rings is 1. The van der Waals surface area contributed by atoms with Crippen LogP contribution in [0.1, 0.15) is 10.4 Å². The maximum atomic E-state index is 13.4. The molecule has 1 amide bonds. The molecule has 2 N–H and O–H groups in total. The van der Waals surface area contributed by atoms with E-state index >= 15 is 0 Å². The van der Waals surface area contributed by atoms with Gasteiger partial charge in [-0.3, -0.25) is 9.48 Å². The minimum Gasteiger partial charge on any atom is -0.507 e. The van der Waals surface area contributed by atoms with E-state index in [1.807, 2.05) is 0 Å². The van der Waals surface area contributed by atoms with Gasteiger partial charge in [-0.2, -0.15) is 5.10 Å². The van der Waals surface area contributed by atoms with E-state index in [1.165, 1.54) is 23.0 Å². The average molecular weight is 235 g/mol. The summed E-state index contributed by atoms with van der Waals surface area (Å²) in [5.74, 6) is -1.48. The van der Waals surface area contributed by atoms with Crippen LogP contribution in [0.4, 0.5) is 10.2 Å². The summed E-state index contributed by atoms with van der Waals surface area (Å²) < 4.78 is 14.8. The van der Waals surface area contributed by atoms with Crippen LogP contribution in [0.25, 0.3) is 0 Å². The van der Waals surface area contributed by atoms with Crippen LogP contribution in [0.5, 0.6) is 5.75 Å². The number of phenolic OH excluding ortho intramolecular Hbond substituents is 1. The molecule has 2 rings (SSSR count). The Morgan fingerprint density at radius 3 is 2.82 bits per heavy atom. The molecule has 0 unspecified atom stereocenters. The van der Waals surface area contributed by atoms with E-state index in [0.717, 1.165) is 6.07 Å². The van der Waals surface area contributed by atoms with Gasteiger partial charge in [0.15, 0.2) is 0 Å². The molecule has 5 nitrogen and oxygen atoms in total. The number of aromatic nitrogens is 2. The molecule has 0 saturated heterocycles. The summed E-state index contributed by atoms with van der Waals surface area (Å²) in [6.45, 7) is 0. The van der Waals surface area contributed by atoms with E-state index < -0.39 is 17.5 Å². The molecule has 0 radical (unpaired) electrons. The topological polar surface area (TPSA) is 67.2 Å². The maximum absolute atomic E-state index is 13.4. The second kappa shape index (κ2) is 4.25. The quantitative estimate of drug-likeness (QED) is 0.829. The van der Waals surface area contributed by atoms with Crippen molar-refractivity contribution in [2.45, 2.75) is 0 Å². The van der Waals surface area contributed by atoms with Crippen LogP contribution in [0.2, 0.25) is 0 Å². The van der Waals surface area contributed by atoms with Gasteiger partial charge in [-0.1, -0.05) is 6.07 Å². The minimum atomic E-state index is -0.773. The average Bonchev–Trinajstić information content (AvgIpc) is 2.64. The summed E-state index contributed by atoms with van der Waals surface area (Å²) in [5.41, 5.74) is -0.381. The second-order valence-electron chi connectivity index (χ2n) is 3.43. The number of nitrogens with one attached hydrogen (secondary N) is 1. The molecule has 0 saturated carbocycles. The predicted octanol–water partition coefficient (Wildman–Crippen LogP) is 1.52. The molecule has 0 aliphatic heterocycles. The van der Waals surface area contributed by atoms with Gasteiger partial charge in [0.1, 0.15) is 22.9 Å². The van der Waals surface area contributed by atoms with Crippen molar-refractivity contribution < 1.29 is 14.3 Å². The van der Waals surface area contributed by atoms with Crippen molar-refractivity contribution in [3.63, 3.8) is 0 Å². The number of hydrogen-bond donors (Lipinski definition) is 2. The molecule has 6 heteroatoms. The highest BCUT2D eigenvalue weighted by Gasteiger charge is 2.17. The summed E-state index contributed by atoms with van der Waals surface area (Å²) in [6, 6.07) is 5.25. The number of carbonyl (C=O) groups excluding carboxylic acids is 1. The number of aryl methyl sites for hydroxylation is 1. The van der Waals surface area contributed by atoms with Gasteiger partial charge in [-0.05, 0) is 12.1 Å². The van der Waals surface area contributed by atoms with E-state index in [0.29, 0.717) is 5.82 Å². The van der Waals surface area contributed by atoms with Crippen molar-refractivity contribution in [2.75, 3.05) is 5.32 Å². The third kappa shape index (κ3) is 2.10. The first-order valence-electron chi connectivity index (χ1n) is 4.86. The van der Waals surface area contributed by atoms with Crippen molar-refractivity contribution in [2.24, 2.45) is 7.05 Å². The molecule has 0 atom stereocenters. The van der Waals surface area contributed by atoms with Gasteiger partial charge in [0.2, 0.25) is 0 Å². The largest absolute Gasteiger partial charge is 0.507 e. The molecule has 0 aliphatic carbocycles. The van der Waals surface area contributed by atoms with Crippen molar-refractivity contribution in [1.82, 2.24) is 9.78 Å². The first kappa shape index (κ1) is 11.1. The molecule has 0 aliphatic rings.